The minimum Gasteiger partial charge on any atom is -0.497 e. The molecule has 0 spiro atoms. The average molecular weight is 319 g/mol. The second kappa shape index (κ2) is 6.19. The first-order chi connectivity index (χ1) is 10.3. The van der Waals surface area contributed by atoms with E-state index < -0.39 is 10.0 Å². The maximum Gasteiger partial charge on any atom is 0.261 e. The molecule has 22 heavy (non-hydrogen) atoms. The summed E-state index contributed by atoms with van der Waals surface area (Å²) >= 11 is 0. The van der Waals surface area contributed by atoms with Crippen molar-refractivity contribution in [2.24, 2.45) is 0 Å². The predicted molar refractivity (Wildman–Crippen MR) is 85.0 cm³/mol. The zero-order valence-electron chi connectivity index (χ0n) is 12.6. The van der Waals surface area contributed by atoms with Crippen LogP contribution in [-0.4, -0.2) is 21.3 Å². The van der Waals surface area contributed by atoms with Gasteiger partial charge in [-0.2, -0.15) is 0 Å². The quantitative estimate of drug-likeness (QED) is 0.860. The summed E-state index contributed by atoms with van der Waals surface area (Å²) in [5, 5.41) is 0. The van der Waals surface area contributed by atoms with E-state index in [1.54, 1.807) is 18.2 Å². The van der Waals surface area contributed by atoms with Crippen molar-refractivity contribution in [2.45, 2.75) is 18.7 Å². The number of carbonyl (C=O) groups excluding carboxylic acids is 1. The molecule has 0 amide bonds. The summed E-state index contributed by atoms with van der Waals surface area (Å²) in [7, 11) is -2.27. The van der Waals surface area contributed by atoms with Gasteiger partial charge < -0.3 is 4.74 Å². The summed E-state index contributed by atoms with van der Waals surface area (Å²) in [6, 6.07) is 11.1. The number of anilines is 1. The Morgan fingerprint density at radius 3 is 2.27 bits per heavy atom. The van der Waals surface area contributed by atoms with Crippen molar-refractivity contribution in [3.8, 4) is 5.75 Å². The fourth-order valence-corrected chi connectivity index (χ4v) is 3.03. The van der Waals surface area contributed by atoms with Crippen molar-refractivity contribution in [2.75, 3.05) is 11.8 Å². The molecule has 0 radical (unpaired) electrons. The lowest BCUT2D eigenvalue weighted by atomic mass is 10.1. The van der Waals surface area contributed by atoms with Crippen LogP contribution in [0.4, 0.5) is 5.69 Å². The number of hydrogen-bond acceptors (Lipinski definition) is 4. The third-order valence-corrected chi connectivity index (χ3v) is 4.56. The normalized spacial score (nSPS) is 11.0. The van der Waals surface area contributed by atoms with E-state index in [1.807, 2.05) is 6.92 Å². The Morgan fingerprint density at radius 1 is 1.09 bits per heavy atom. The van der Waals surface area contributed by atoms with Gasteiger partial charge in [0.15, 0.2) is 5.78 Å². The lowest BCUT2D eigenvalue weighted by molar-refractivity contribution is 0.101. The van der Waals surface area contributed by atoms with Crippen LogP contribution in [0.2, 0.25) is 0 Å². The van der Waals surface area contributed by atoms with Crippen LogP contribution in [0.3, 0.4) is 0 Å². The molecule has 1 N–H and O–H groups in total. The van der Waals surface area contributed by atoms with Gasteiger partial charge in [-0.25, -0.2) is 8.42 Å². The second-order valence-electron chi connectivity index (χ2n) is 4.89. The van der Waals surface area contributed by atoms with Crippen molar-refractivity contribution in [1.82, 2.24) is 0 Å². The number of methoxy groups -OCH3 is 1. The molecule has 0 fully saturated rings. The van der Waals surface area contributed by atoms with Gasteiger partial charge in [-0.05, 0) is 44.2 Å². The number of benzene rings is 2. The van der Waals surface area contributed by atoms with Crippen LogP contribution < -0.4 is 9.46 Å². The Morgan fingerprint density at radius 2 is 1.73 bits per heavy atom. The number of ketones is 1. The van der Waals surface area contributed by atoms with Gasteiger partial charge in [0.05, 0.1) is 17.7 Å². The fraction of sp³-hybridized carbons (Fsp3) is 0.188. The molecular formula is C16H17NO4S. The molecule has 0 aliphatic rings. The minimum absolute atomic E-state index is 0.142. The van der Waals surface area contributed by atoms with Crippen molar-refractivity contribution in [1.29, 1.82) is 0 Å². The first kappa shape index (κ1) is 16.0. The van der Waals surface area contributed by atoms with Crippen molar-refractivity contribution in [3.63, 3.8) is 0 Å². The molecule has 2 aromatic carbocycles. The molecule has 0 unspecified atom stereocenters. The van der Waals surface area contributed by atoms with E-state index in [2.05, 4.69) is 4.72 Å². The summed E-state index contributed by atoms with van der Waals surface area (Å²) < 4.78 is 32.3. The first-order valence-electron chi connectivity index (χ1n) is 6.62. The largest absolute Gasteiger partial charge is 0.497 e. The molecule has 116 valence electrons. The Balaban J connectivity index is 2.41. The lowest BCUT2D eigenvalue weighted by Crippen LogP contribution is -2.15. The summed E-state index contributed by atoms with van der Waals surface area (Å²) in [6.45, 7) is 3.25. The molecule has 2 rings (SSSR count). The topological polar surface area (TPSA) is 72.5 Å². The average Bonchev–Trinajstić information content (AvgIpc) is 2.47. The highest BCUT2D eigenvalue weighted by molar-refractivity contribution is 7.92. The van der Waals surface area contributed by atoms with E-state index in [0.717, 1.165) is 5.56 Å². The van der Waals surface area contributed by atoms with Crippen molar-refractivity contribution in [3.05, 3.63) is 53.6 Å². The Labute approximate surface area is 130 Å². The van der Waals surface area contributed by atoms with Crippen LogP contribution in [0.15, 0.2) is 47.4 Å². The molecule has 0 atom stereocenters. The monoisotopic (exact) mass is 319 g/mol. The molecule has 0 bridgehead atoms. The molecule has 0 saturated carbocycles. The van der Waals surface area contributed by atoms with Crippen LogP contribution in [0.1, 0.15) is 22.8 Å². The van der Waals surface area contributed by atoms with E-state index in [0.29, 0.717) is 5.75 Å². The van der Waals surface area contributed by atoms with Gasteiger partial charge in [-0.15, -0.1) is 0 Å². The van der Waals surface area contributed by atoms with Gasteiger partial charge in [0.1, 0.15) is 5.75 Å². The van der Waals surface area contributed by atoms with E-state index in [1.165, 1.54) is 38.3 Å². The lowest BCUT2D eigenvalue weighted by Gasteiger charge is -2.12. The molecule has 6 heteroatoms. The Hall–Kier alpha value is -2.34. The van der Waals surface area contributed by atoms with Gasteiger partial charge in [0, 0.05) is 5.56 Å². The summed E-state index contributed by atoms with van der Waals surface area (Å²) in [5.74, 6) is 0.240. The molecule has 2 aromatic rings. The summed E-state index contributed by atoms with van der Waals surface area (Å²) in [4.78, 5) is 11.9. The number of aryl methyl sites for hydroxylation is 1. The van der Waals surface area contributed by atoms with Gasteiger partial charge >= 0.3 is 0 Å². The second-order valence-corrected chi connectivity index (χ2v) is 6.57. The third kappa shape index (κ3) is 3.46. The van der Waals surface area contributed by atoms with E-state index >= 15 is 0 Å². The van der Waals surface area contributed by atoms with E-state index in [4.69, 9.17) is 4.74 Å². The summed E-state index contributed by atoms with van der Waals surface area (Å²) in [5.41, 5.74) is 1.46. The number of Topliss-reactive ketones (excluding diaryl/α,β-unsaturated/α-hetero) is 1. The Bertz CT molecular complexity index is 795. The maximum atomic E-state index is 12.4. The van der Waals surface area contributed by atoms with Crippen LogP contribution in [0.5, 0.6) is 5.75 Å². The van der Waals surface area contributed by atoms with Crippen molar-refractivity contribution < 1.29 is 17.9 Å². The number of hydrogen-bond donors (Lipinski definition) is 1. The third-order valence-electron chi connectivity index (χ3n) is 3.18. The Kier molecular flexibility index (Phi) is 4.51. The SMILES string of the molecule is COc1ccc(NS(=O)(=O)c2ccc(C)cc2)c(C(C)=O)c1. The molecule has 0 saturated heterocycles. The number of nitrogens with one attached hydrogen (secondary N) is 1. The minimum atomic E-state index is -3.75. The highest BCUT2D eigenvalue weighted by Gasteiger charge is 2.17. The number of rotatable bonds is 5. The number of ether oxygens (including phenoxy) is 1. The van der Waals surface area contributed by atoms with Gasteiger partial charge in [0.2, 0.25) is 0 Å². The molecule has 5 nitrogen and oxygen atoms in total. The summed E-state index contributed by atoms with van der Waals surface area (Å²) in [6.07, 6.45) is 0. The van der Waals surface area contributed by atoms with Crippen LogP contribution in [0, 0.1) is 6.92 Å². The van der Waals surface area contributed by atoms with Crippen LogP contribution >= 0.6 is 0 Å². The smallest absolute Gasteiger partial charge is 0.261 e. The van der Waals surface area contributed by atoms with Gasteiger partial charge in [-0.3, -0.25) is 9.52 Å². The molecule has 0 aromatic heterocycles. The number of carbonyl (C=O) groups is 1. The zero-order valence-corrected chi connectivity index (χ0v) is 13.4. The molecular weight excluding hydrogens is 302 g/mol. The highest BCUT2D eigenvalue weighted by atomic mass is 32.2. The van der Waals surface area contributed by atoms with Crippen LogP contribution in [0.25, 0.3) is 0 Å². The van der Waals surface area contributed by atoms with E-state index in [-0.39, 0.29) is 21.9 Å². The standard InChI is InChI=1S/C16H17NO4S/c1-11-4-7-14(8-5-11)22(19,20)17-16-9-6-13(21-3)10-15(16)12(2)18/h4-10,17H,1-3H3. The molecule has 0 aliphatic carbocycles. The van der Waals surface area contributed by atoms with Crippen LogP contribution in [-0.2, 0) is 10.0 Å². The van der Waals surface area contributed by atoms with E-state index in [9.17, 15) is 13.2 Å². The fourth-order valence-electron chi connectivity index (χ4n) is 1.95. The van der Waals surface area contributed by atoms with Crippen molar-refractivity contribution >= 4 is 21.5 Å². The number of sulfonamides is 1. The zero-order chi connectivity index (χ0) is 16.3. The maximum absolute atomic E-state index is 12.4. The highest BCUT2D eigenvalue weighted by Crippen LogP contribution is 2.25. The predicted octanol–water partition coefficient (Wildman–Crippen LogP) is 3.01. The van der Waals surface area contributed by atoms with Gasteiger partial charge in [-0.1, -0.05) is 17.7 Å². The molecule has 0 heterocycles. The molecule has 0 aliphatic heterocycles. The first-order valence-corrected chi connectivity index (χ1v) is 8.10. The van der Waals surface area contributed by atoms with Gasteiger partial charge in [0.25, 0.3) is 10.0 Å².